The van der Waals surface area contributed by atoms with Gasteiger partial charge in [-0.05, 0) is 30.9 Å². The lowest BCUT2D eigenvalue weighted by atomic mass is 10.1. The molecular weight excluding hydrogens is 331 g/mol. The minimum absolute atomic E-state index is 0.489. The highest BCUT2D eigenvalue weighted by atomic mass is 32.1. The first-order chi connectivity index (χ1) is 11.1. The molecule has 0 spiro atoms. The highest BCUT2D eigenvalue weighted by Crippen LogP contribution is 2.35. The van der Waals surface area contributed by atoms with Crippen molar-refractivity contribution < 1.29 is 4.39 Å². The topological polar surface area (TPSA) is 63.8 Å². The highest BCUT2D eigenvalue weighted by Gasteiger charge is 2.18. The van der Waals surface area contributed by atoms with Crippen molar-refractivity contribution in [3.63, 3.8) is 0 Å². The third-order valence-electron chi connectivity index (χ3n) is 3.85. The van der Waals surface area contributed by atoms with Crippen LogP contribution in [0.1, 0.15) is 22.2 Å². The first-order valence-corrected chi connectivity index (χ1v) is 9.15. The van der Waals surface area contributed by atoms with Crippen molar-refractivity contribution in [3.05, 3.63) is 39.0 Å². The van der Waals surface area contributed by atoms with Crippen LogP contribution in [-0.4, -0.2) is 22.4 Å². The Hall–Kier alpha value is -1.57. The van der Waals surface area contributed by atoms with Crippen molar-refractivity contribution in [3.8, 4) is 0 Å². The second kappa shape index (κ2) is 6.90. The van der Waals surface area contributed by atoms with Gasteiger partial charge in [0.1, 0.15) is 11.7 Å². The molecule has 3 N–H and O–H groups in total. The number of aryl methyl sites for hydroxylation is 1. The summed E-state index contributed by atoms with van der Waals surface area (Å²) < 4.78 is 14.4. The zero-order chi connectivity index (χ0) is 16.4. The summed E-state index contributed by atoms with van der Waals surface area (Å²) in [4.78, 5) is 2.34. The average molecular weight is 350 g/mol. The van der Waals surface area contributed by atoms with Crippen LogP contribution in [0.2, 0.25) is 0 Å². The lowest BCUT2D eigenvalue weighted by Crippen LogP contribution is -2.31. The number of thiophene rings is 2. The average Bonchev–Trinajstić information content (AvgIpc) is 3.15. The molecule has 4 nitrogen and oxygen atoms in total. The molecule has 0 bridgehead atoms. The minimum Gasteiger partial charge on any atom is -0.378 e. The fourth-order valence-electron chi connectivity index (χ4n) is 2.35. The van der Waals surface area contributed by atoms with Crippen LogP contribution in [0.3, 0.4) is 0 Å². The van der Waals surface area contributed by atoms with Gasteiger partial charge < -0.3 is 11.1 Å². The zero-order valence-electron chi connectivity index (χ0n) is 13.0. The summed E-state index contributed by atoms with van der Waals surface area (Å²) in [6.07, 6.45) is 1.24. The molecule has 0 saturated heterocycles. The number of nitrogens with zero attached hydrogens (tertiary/aromatic N) is 2. The molecule has 0 unspecified atom stereocenters. The Morgan fingerprint density at radius 2 is 2.26 bits per heavy atom. The molecular formula is C16H19FN4S2. The van der Waals surface area contributed by atoms with E-state index in [-0.39, 0.29) is 0 Å². The third-order valence-corrected chi connectivity index (χ3v) is 6.06. The fraction of sp³-hybridized carbons (Fsp3) is 0.375. The Kier molecular flexibility index (Phi) is 4.89. The quantitative estimate of drug-likeness (QED) is 0.708. The van der Waals surface area contributed by atoms with Crippen molar-refractivity contribution in [1.82, 2.24) is 10.2 Å². The predicted molar refractivity (Wildman–Crippen MR) is 96.0 cm³/mol. The Bertz CT molecular complexity index is 783. The maximum absolute atomic E-state index is 13.4. The molecule has 7 heteroatoms. The number of hydrogen-bond donors (Lipinski definition) is 2. The number of fused-ring (bicyclic) bond motifs is 1. The molecule has 0 aromatic carbocycles. The van der Waals surface area contributed by atoms with E-state index in [0.717, 1.165) is 32.9 Å². The van der Waals surface area contributed by atoms with E-state index >= 15 is 0 Å². The van der Waals surface area contributed by atoms with Gasteiger partial charge in [-0.3, -0.25) is 0 Å². The molecule has 122 valence electrons. The van der Waals surface area contributed by atoms with E-state index in [1.165, 1.54) is 11.8 Å². The normalized spacial score (nSPS) is 14.1. The molecule has 23 heavy (non-hydrogen) atoms. The van der Waals surface area contributed by atoms with Crippen LogP contribution in [-0.2, 0) is 13.0 Å². The van der Waals surface area contributed by atoms with Crippen molar-refractivity contribution in [2.45, 2.75) is 39.0 Å². The van der Waals surface area contributed by atoms with E-state index < -0.39 is 12.2 Å². The molecule has 0 saturated carbocycles. The second-order valence-electron chi connectivity index (χ2n) is 5.56. The largest absolute Gasteiger partial charge is 0.378 e. The van der Waals surface area contributed by atoms with Gasteiger partial charge in [-0.25, -0.2) is 4.39 Å². The first kappa shape index (κ1) is 16.3. The zero-order valence-corrected chi connectivity index (χ0v) is 14.7. The lowest BCUT2D eigenvalue weighted by Gasteiger charge is -2.11. The molecule has 3 rings (SSSR count). The smallest absolute Gasteiger partial charge is 0.113 e. The number of rotatable bonds is 6. The van der Waals surface area contributed by atoms with E-state index in [9.17, 15) is 4.39 Å². The van der Waals surface area contributed by atoms with Gasteiger partial charge >= 0.3 is 0 Å². The number of halogens is 1. The van der Waals surface area contributed by atoms with Crippen LogP contribution >= 0.6 is 22.7 Å². The summed E-state index contributed by atoms with van der Waals surface area (Å²) in [6.45, 7) is 4.26. The lowest BCUT2D eigenvalue weighted by molar-refractivity contribution is 0.305. The molecule has 3 aromatic rings. The van der Waals surface area contributed by atoms with Crippen molar-refractivity contribution >= 4 is 38.6 Å². The number of anilines is 1. The molecule has 2 atom stereocenters. The van der Waals surface area contributed by atoms with Gasteiger partial charge in [-0.1, -0.05) is 6.07 Å². The Labute approximate surface area is 142 Å². The summed E-state index contributed by atoms with van der Waals surface area (Å²) in [5.74, 6) is 0. The fourth-order valence-corrected chi connectivity index (χ4v) is 4.29. The van der Waals surface area contributed by atoms with Crippen LogP contribution in [0.4, 0.5) is 10.1 Å². The summed E-state index contributed by atoms with van der Waals surface area (Å²) in [6, 6.07) is 3.64. The molecule has 0 aliphatic rings. The summed E-state index contributed by atoms with van der Waals surface area (Å²) in [7, 11) is 0. The molecule has 3 aromatic heterocycles. The van der Waals surface area contributed by atoms with Crippen LogP contribution in [0.25, 0.3) is 10.2 Å². The summed E-state index contributed by atoms with van der Waals surface area (Å²) in [5.41, 5.74) is 8.77. The number of aromatic nitrogens is 2. The molecule has 0 fully saturated rings. The Balaban J connectivity index is 1.88. The summed E-state index contributed by atoms with van der Waals surface area (Å²) >= 11 is 3.34. The third kappa shape index (κ3) is 3.52. The number of alkyl halides is 1. The minimum atomic E-state index is -1.03. The van der Waals surface area contributed by atoms with Crippen LogP contribution in [0, 0.1) is 6.92 Å². The van der Waals surface area contributed by atoms with Crippen LogP contribution in [0.15, 0.2) is 23.7 Å². The monoisotopic (exact) mass is 350 g/mol. The van der Waals surface area contributed by atoms with Crippen molar-refractivity contribution in [1.29, 1.82) is 0 Å². The van der Waals surface area contributed by atoms with E-state index in [0.29, 0.717) is 6.42 Å². The Morgan fingerprint density at radius 3 is 2.96 bits per heavy atom. The molecule has 0 aliphatic carbocycles. The van der Waals surface area contributed by atoms with Gasteiger partial charge in [0.05, 0.1) is 16.6 Å². The van der Waals surface area contributed by atoms with E-state index in [1.807, 2.05) is 13.0 Å². The maximum atomic E-state index is 13.4. The van der Waals surface area contributed by atoms with Gasteiger partial charge in [0, 0.05) is 28.8 Å². The Morgan fingerprint density at radius 1 is 1.43 bits per heavy atom. The van der Waals surface area contributed by atoms with Gasteiger partial charge in [0.2, 0.25) is 0 Å². The maximum Gasteiger partial charge on any atom is 0.113 e. The summed E-state index contributed by atoms with van der Waals surface area (Å²) in [5, 5.41) is 13.8. The standard InChI is InChI=1S/C16H19FN4S2/c1-9-14(6-12(18)10(2)17)23-16-13(8-20-21-15(9)16)19-7-11-4-3-5-22-11/h3-5,8,10,12H,6-7,18H2,1-2H3,(H,19,21)/t10-,12-/m1/s1. The van der Waals surface area contributed by atoms with Gasteiger partial charge in [0.25, 0.3) is 0 Å². The van der Waals surface area contributed by atoms with Crippen molar-refractivity contribution in [2.24, 2.45) is 5.73 Å². The highest BCUT2D eigenvalue weighted by molar-refractivity contribution is 7.19. The molecule has 3 heterocycles. The predicted octanol–water partition coefficient (Wildman–Crippen LogP) is 3.90. The number of nitrogens with two attached hydrogens (primary N) is 1. The number of hydrogen-bond acceptors (Lipinski definition) is 6. The second-order valence-corrected chi connectivity index (χ2v) is 7.70. The first-order valence-electron chi connectivity index (χ1n) is 7.46. The number of nitrogens with one attached hydrogen (secondary N) is 1. The van der Waals surface area contributed by atoms with Crippen molar-refractivity contribution in [2.75, 3.05) is 5.32 Å². The van der Waals surface area contributed by atoms with Crippen LogP contribution < -0.4 is 11.1 Å². The van der Waals surface area contributed by atoms with Gasteiger partial charge in [0.15, 0.2) is 0 Å². The molecule has 0 aliphatic heterocycles. The molecule has 0 amide bonds. The van der Waals surface area contributed by atoms with Gasteiger partial charge in [-0.15, -0.1) is 27.8 Å². The molecule has 0 radical (unpaired) electrons. The van der Waals surface area contributed by atoms with E-state index in [1.54, 1.807) is 28.9 Å². The van der Waals surface area contributed by atoms with E-state index in [4.69, 9.17) is 5.73 Å². The van der Waals surface area contributed by atoms with Crippen LogP contribution in [0.5, 0.6) is 0 Å². The van der Waals surface area contributed by atoms with Gasteiger partial charge in [-0.2, -0.15) is 5.10 Å². The van der Waals surface area contributed by atoms with E-state index in [2.05, 4.69) is 27.0 Å². The SMILES string of the molecule is Cc1c(C[C@@H](N)[C@@H](C)F)sc2c(NCc3cccs3)cnnc12.